The molecule has 2 atom stereocenters. The number of amides is 2. The highest BCUT2D eigenvalue weighted by atomic mass is 16.2. The first-order valence-corrected chi connectivity index (χ1v) is 6.32. The van der Waals surface area contributed by atoms with Crippen LogP contribution < -0.4 is 5.32 Å². The fourth-order valence-electron chi connectivity index (χ4n) is 2.93. The second-order valence-electron chi connectivity index (χ2n) is 4.94. The third kappa shape index (κ3) is 1.99. The Morgan fingerprint density at radius 3 is 3.06 bits per heavy atom. The van der Waals surface area contributed by atoms with Crippen LogP contribution in [0.1, 0.15) is 25.7 Å². The summed E-state index contributed by atoms with van der Waals surface area (Å²) in [5.41, 5.74) is 0.775. The standard InChI is InChI=1S/C13H17N3O/c17-13(15-11-5-3-7-14-8-11)16-9-10-4-1-2-6-12(10)16/h3,5,7-8,10,12H,1-2,4,6,9H2,(H,15,17)/t10-,12-/m0/s1. The summed E-state index contributed by atoms with van der Waals surface area (Å²) < 4.78 is 0. The van der Waals surface area contributed by atoms with Crippen LogP contribution in [0.3, 0.4) is 0 Å². The average Bonchev–Trinajstić information content (AvgIpc) is 2.32. The lowest BCUT2D eigenvalue weighted by atomic mass is 9.77. The fraction of sp³-hybridized carbons (Fsp3) is 0.538. The molecule has 1 aliphatic carbocycles. The number of likely N-dealkylation sites (tertiary alicyclic amines) is 1. The molecule has 17 heavy (non-hydrogen) atoms. The Labute approximate surface area is 101 Å². The molecule has 0 unspecified atom stereocenters. The van der Waals surface area contributed by atoms with Gasteiger partial charge in [-0.3, -0.25) is 4.98 Å². The van der Waals surface area contributed by atoms with E-state index in [2.05, 4.69) is 10.3 Å². The van der Waals surface area contributed by atoms with Gasteiger partial charge in [0.1, 0.15) is 0 Å². The van der Waals surface area contributed by atoms with Crippen LogP contribution in [0.25, 0.3) is 0 Å². The number of aromatic nitrogens is 1. The maximum Gasteiger partial charge on any atom is 0.322 e. The van der Waals surface area contributed by atoms with Gasteiger partial charge in [0.2, 0.25) is 0 Å². The van der Waals surface area contributed by atoms with E-state index in [9.17, 15) is 4.79 Å². The summed E-state index contributed by atoms with van der Waals surface area (Å²) in [5, 5.41) is 2.90. The smallest absolute Gasteiger partial charge is 0.321 e. The van der Waals surface area contributed by atoms with Gasteiger partial charge in [-0.25, -0.2) is 4.79 Å². The first-order chi connectivity index (χ1) is 8.34. The number of nitrogens with zero attached hydrogens (tertiary/aromatic N) is 2. The predicted molar refractivity (Wildman–Crippen MR) is 65.7 cm³/mol. The molecule has 0 bridgehead atoms. The van der Waals surface area contributed by atoms with Crippen molar-refractivity contribution in [2.24, 2.45) is 5.92 Å². The molecule has 4 heteroatoms. The molecule has 90 valence electrons. The lowest BCUT2D eigenvalue weighted by Gasteiger charge is -2.50. The fourth-order valence-corrected chi connectivity index (χ4v) is 2.93. The molecule has 1 aromatic rings. The molecule has 1 N–H and O–H groups in total. The maximum atomic E-state index is 12.0. The van der Waals surface area contributed by atoms with E-state index in [0.717, 1.165) is 18.2 Å². The molecule has 2 amide bonds. The van der Waals surface area contributed by atoms with E-state index in [1.54, 1.807) is 12.4 Å². The van der Waals surface area contributed by atoms with Gasteiger partial charge < -0.3 is 10.2 Å². The Morgan fingerprint density at radius 2 is 2.29 bits per heavy atom. The number of urea groups is 1. The predicted octanol–water partition coefficient (Wildman–Crippen LogP) is 2.49. The summed E-state index contributed by atoms with van der Waals surface area (Å²) in [6, 6.07) is 4.21. The van der Waals surface area contributed by atoms with Gasteiger partial charge in [-0.1, -0.05) is 12.8 Å². The molecule has 4 nitrogen and oxygen atoms in total. The molecule has 0 aromatic carbocycles. The van der Waals surface area contributed by atoms with Crippen molar-refractivity contribution in [3.05, 3.63) is 24.5 Å². The van der Waals surface area contributed by atoms with Crippen LogP contribution in [0, 0.1) is 5.92 Å². The van der Waals surface area contributed by atoms with Crippen LogP contribution in [0.5, 0.6) is 0 Å². The van der Waals surface area contributed by atoms with E-state index < -0.39 is 0 Å². The largest absolute Gasteiger partial charge is 0.322 e. The van der Waals surface area contributed by atoms with Gasteiger partial charge >= 0.3 is 6.03 Å². The minimum Gasteiger partial charge on any atom is -0.321 e. The zero-order valence-corrected chi connectivity index (χ0v) is 9.80. The van der Waals surface area contributed by atoms with Crippen molar-refractivity contribution in [3.8, 4) is 0 Å². The summed E-state index contributed by atoms with van der Waals surface area (Å²) in [7, 11) is 0. The van der Waals surface area contributed by atoms with E-state index >= 15 is 0 Å². The van der Waals surface area contributed by atoms with Crippen LogP contribution in [0.15, 0.2) is 24.5 Å². The molecule has 0 spiro atoms. The van der Waals surface area contributed by atoms with Crippen molar-refractivity contribution in [2.45, 2.75) is 31.7 Å². The van der Waals surface area contributed by atoms with Gasteiger partial charge in [0.25, 0.3) is 0 Å². The number of pyridine rings is 1. The molecule has 1 aliphatic heterocycles. The number of nitrogens with one attached hydrogen (secondary N) is 1. The molecular weight excluding hydrogens is 214 g/mol. The number of carbonyl (C=O) groups is 1. The second kappa shape index (κ2) is 4.35. The zero-order valence-electron chi connectivity index (χ0n) is 9.80. The van der Waals surface area contributed by atoms with E-state index in [1.165, 1.54) is 25.7 Å². The van der Waals surface area contributed by atoms with Crippen molar-refractivity contribution in [1.82, 2.24) is 9.88 Å². The van der Waals surface area contributed by atoms with Crippen molar-refractivity contribution < 1.29 is 4.79 Å². The number of hydrogen-bond donors (Lipinski definition) is 1. The maximum absolute atomic E-state index is 12.0. The van der Waals surface area contributed by atoms with Crippen LogP contribution in [-0.4, -0.2) is 28.5 Å². The Bertz CT molecular complexity index is 406. The van der Waals surface area contributed by atoms with Gasteiger partial charge in [0, 0.05) is 18.8 Å². The highest BCUT2D eigenvalue weighted by molar-refractivity contribution is 5.89. The van der Waals surface area contributed by atoms with Crippen LogP contribution in [0.4, 0.5) is 10.5 Å². The highest BCUT2D eigenvalue weighted by Gasteiger charge is 2.42. The van der Waals surface area contributed by atoms with Gasteiger partial charge in [0.15, 0.2) is 0 Å². The van der Waals surface area contributed by atoms with E-state index in [0.29, 0.717) is 6.04 Å². The quantitative estimate of drug-likeness (QED) is 0.807. The van der Waals surface area contributed by atoms with Crippen molar-refractivity contribution in [1.29, 1.82) is 0 Å². The van der Waals surface area contributed by atoms with Gasteiger partial charge in [-0.15, -0.1) is 0 Å². The molecular formula is C13H17N3O. The number of fused-ring (bicyclic) bond motifs is 1. The molecule has 3 rings (SSSR count). The van der Waals surface area contributed by atoms with E-state index in [1.807, 2.05) is 17.0 Å². The normalized spacial score (nSPS) is 26.9. The number of anilines is 1. The van der Waals surface area contributed by atoms with Crippen LogP contribution in [-0.2, 0) is 0 Å². The Kier molecular flexibility index (Phi) is 2.71. The van der Waals surface area contributed by atoms with Crippen LogP contribution >= 0.6 is 0 Å². The SMILES string of the molecule is O=C(Nc1cccnc1)N1C[C@@H]2CCCC[C@@H]21. The minimum atomic E-state index is 0.0288. The van der Waals surface area contributed by atoms with Crippen molar-refractivity contribution in [2.75, 3.05) is 11.9 Å². The molecule has 2 heterocycles. The lowest BCUT2D eigenvalue weighted by Crippen LogP contribution is -2.60. The van der Waals surface area contributed by atoms with E-state index in [4.69, 9.17) is 0 Å². The zero-order chi connectivity index (χ0) is 11.7. The van der Waals surface area contributed by atoms with Crippen molar-refractivity contribution >= 4 is 11.7 Å². The number of carbonyl (C=O) groups excluding carboxylic acids is 1. The molecule has 2 aliphatic rings. The Balaban J connectivity index is 1.60. The monoisotopic (exact) mass is 231 g/mol. The highest BCUT2D eigenvalue weighted by Crippen LogP contribution is 2.37. The third-order valence-electron chi connectivity index (χ3n) is 3.87. The number of hydrogen-bond acceptors (Lipinski definition) is 2. The van der Waals surface area contributed by atoms with Gasteiger partial charge in [-0.05, 0) is 30.9 Å². The molecule has 1 saturated heterocycles. The molecule has 0 radical (unpaired) electrons. The van der Waals surface area contributed by atoms with Crippen molar-refractivity contribution in [3.63, 3.8) is 0 Å². The van der Waals surface area contributed by atoms with E-state index in [-0.39, 0.29) is 6.03 Å². The topological polar surface area (TPSA) is 45.2 Å². The second-order valence-corrected chi connectivity index (χ2v) is 4.94. The third-order valence-corrected chi connectivity index (χ3v) is 3.87. The summed E-state index contributed by atoms with van der Waals surface area (Å²) in [4.78, 5) is 18.0. The summed E-state index contributed by atoms with van der Waals surface area (Å²) in [6.45, 7) is 0.927. The van der Waals surface area contributed by atoms with Gasteiger partial charge in [0.05, 0.1) is 11.9 Å². The first-order valence-electron chi connectivity index (χ1n) is 6.32. The minimum absolute atomic E-state index is 0.0288. The summed E-state index contributed by atoms with van der Waals surface area (Å²) in [5.74, 6) is 0.753. The lowest BCUT2D eigenvalue weighted by molar-refractivity contribution is 0.0256. The molecule has 1 saturated carbocycles. The Morgan fingerprint density at radius 1 is 1.41 bits per heavy atom. The summed E-state index contributed by atoms with van der Waals surface area (Å²) >= 11 is 0. The molecule has 1 aromatic heterocycles. The molecule has 2 fully saturated rings. The average molecular weight is 231 g/mol. The van der Waals surface area contributed by atoms with Crippen LogP contribution in [0.2, 0.25) is 0 Å². The first kappa shape index (κ1) is 10.6. The number of rotatable bonds is 1. The van der Waals surface area contributed by atoms with Gasteiger partial charge in [-0.2, -0.15) is 0 Å². The Hall–Kier alpha value is -1.58. The summed E-state index contributed by atoms with van der Waals surface area (Å²) in [6.07, 6.45) is 8.44.